The largest absolute Gasteiger partial charge is 0.504 e. The highest BCUT2D eigenvalue weighted by molar-refractivity contribution is 5.91. The highest BCUT2D eigenvalue weighted by Crippen LogP contribution is 2.41. The molecule has 2 fully saturated rings. The van der Waals surface area contributed by atoms with E-state index < -0.39 is 91.6 Å². The van der Waals surface area contributed by atoms with Gasteiger partial charge in [-0.3, -0.25) is 4.79 Å². The van der Waals surface area contributed by atoms with Gasteiger partial charge in [0.15, 0.2) is 17.8 Å². The molecule has 3 aromatic rings. The van der Waals surface area contributed by atoms with Crippen molar-refractivity contribution in [3.05, 3.63) is 46.8 Å². The summed E-state index contributed by atoms with van der Waals surface area (Å²) >= 11 is 0. The van der Waals surface area contributed by atoms with E-state index >= 15 is 0 Å². The van der Waals surface area contributed by atoms with Gasteiger partial charge in [-0.05, 0) is 17.7 Å². The minimum absolute atomic E-state index is 0.0602. The minimum Gasteiger partial charge on any atom is -0.504 e. The molecule has 2 aromatic carbocycles. The lowest BCUT2D eigenvalue weighted by molar-refractivity contribution is -0.323. The van der Waals surface area contributed by atoms with Crippen LogP contribution in [-0.4, -0.2) is 128 Å². The number of benzene rings is 2. The van der Waals surface area contributed by atoms with Crippen molar-refractivity contribution in [2.75, 3.05) is 20.3 Å². The van der Waals surface area contributed by atoms with Crippen molar-refractivity contribution in [2.24, 2.45) is 0 Å². The molecule has 1 aromatic heterocycles. The molecule has 16 nitrogen and oxygen atoms in total. The summed E-state index contributed by atoms with van der Waals surface area (Å²) in [7, 11) is 1.22. The van der Waals surface area contributed by atoms with E-state index in [0.717, 1.165) is 12.3 Å². The van der Waals surface area contributed by atoms with Crippen LogP contribution in [0.25, 0.3) is 22.1 Å². The van der Waals surface area contributed by atoms with Crippen molar-refractivity contribution in [3.8, 4) is 34.1 Å². The molecule has 3 heterocycles. The summed E-state index contributed by atoms with van der Waals surface area (Å²) in [6.07, 6.45) is -14.6. The number of aromatic hydroxyl groups is 2. The molecule has 2 aliphatic rings. The van der Waals surface area contributed by atoms with E-state index in [-0.39, 0.29) is 28.0 Å². The van der Waals surface area contributed by atoms with E-state index in [9.17, 15) is 50.8 Å². The van der Waals surface area contributed by atoms with Crippen molar-refractivity contribution in [1.82, 2.24) is 0 Å². The van der Waals surface area contributed by atoms with Gasteiger partial charge in [0, 0.05) is 6.07 Å². The predicted octanol–water partition coefficient (Wildman–Crippen LogP) is -2.12. The molecule has 0 unspecified atom stereocenters. The number of aliphatic hydroxyl groups is 7. The lowest BCUT2D eigenvalue weighted by Gasteiger charge is -2.42. The van der Waals surface area contributed by atoms with E-state index in [2.05, 4.69) is 0 Å². The zero-order chi connectivity index (χ0) is 31.9. The second kappa shape index (κ2) is 12.8. The van der Waals surface area contributed by atoms with Crippen LogP contribution in [0, 0.1) is 0 Å². The molecule has 0 amide bonds. The molecule has 10 atom stereocenters. The first-order chi connectivity index (χ1) is 21.0. The summed E-state index contributed by atoms with van der Waals surface area (Å²) in [5, 5.41) is 90.9. The van der Waals surface area contributed by atoms with Gasteiger partial charge in [-0.2, -0.15) is 0 Å². The third kappa shape index (κ3) is 5.80. The van der Waals surface area contributed by atoms with Gasteiger partial charge >= 0.3 is 0 Å². The molecule has 2 aliphatic heterocycles. The average Bonchev–Trinajstić information content (AvgIpc) is 3.01. The number of hydrogen-bond acceptors (Lipinski definition) is 16. The Morgan fingerprint density at radius 1 is 0.818 bits per heavy atom. The van der Waals surface area contributed by atoms with Gasteiger partial charge in [0.05, 0.1) is 25.9 Å². The fourth-order valence-electron chi connectivity index (χ4n) is 5.03. The summed E-state index contributed by atoms with van der Waals surface area (Å²) in [5.74, 6) is -1.18. The van der Waals surface area contributed by atoms with Crippen LogP contribution in [0.2, 0.25) is 0 Å². The molecular formula is C28H32O16. The van der Waals surface area contributed by atoms with Crippen LogP contribution >= 0.6 is 0 Å². The highest BCUT2D eigenvalue weighted by Gasteiger charge is 2.47. The minimum atomic E-state index is -1.75. The topological polar surface area (TPSA) is 258 Å². The fraction of sp³-hybridized carbons (Fsp3) is 0.464. The normalized spacial score (nSPS) is 32.5. The van der Waals surface area contributed by atoms with Gasteiger partial charge in [-0.25, -0.2) is 0 Å². The van der Waals surface area contributed by atoms with E-state index in [1.807, 2.05) is 0 Å². The number of phenolic OH excluding ortho intramolecular Hbond substituents is 2. The first-order valence-corrected chi connectivity index (χ1v) is 13.4. The molecule has 0 radical (unpaired) electrons. The first-order valence-electron chi connectivity index (χ1n) is 13.4. The van der Waals surface area contributed by atoms with Crippen LogP contribution in [0.1, 0.15) is 0 Å². The molecule has 0 bridgehead atoms. The maximum atomic E-state index is 13.2. The average molecular weight is 625 g/mol. The smallest absolute Gasteiger partial charge is 0.229 e. The summed E-state index contributed by atoms with van der Waals surface area (Å²) in [5.41, 5.74) is -0.263. The molecule has 0 saturated carbocycles. The molecule has 240 valence electrons. The molecule has 0 aliphatic carbocycles. The van der Waals surface area contributed by atoms with Gasteiger partial charge in [0.25, 0.3) is 0 Å². The molecule has 0 spiro atoms. The zero-order valence-corrected chi connectivity index (χ0v) is 23.0. The Balaban J connectivity index is 1.29. The summed E-state index contributed by atoms with van der Waals surface area (Å²) < 4.78 is 32.4. The summed E-state index contributed by atoms with van der Waals surface area (Å²) in [6.45, 7) is -1.21. The van der Waals surface area contributed by atoms with Crippen molar-refractivity contribution in [1.29, 1.82) is 0 Å². The van der Waals surface area contributed by atoms with Gasteiger partial charge in [-0.15, -0.1) is 0 Å². The van der Waals surface area contributed by atoms with Crippen molar-refractivity contribution < 1.29 is 74.1 Å². The Kier molecular flexibility index (Phi) is 9.28. The fourth-order valence-corrected chi connectivity index (χ4v) is 5.03. The van der Waals surface area contributed by atoms with Crippen molar-refractivity contribution >= 4 is 11.0 Å². The quantitative estimate of drug-likeness (QED) is 0.130. The monoisotopic (exact) mass is 624 g/mol. The maximum Gasteiger partial charge on any atom is 0.229 e. The van der Waals surface area contributed by atoms with Crippen LogP contribution in [0.15, 0.2) is 45.8 Å². The highest BCUT2D eigenvalue weighted by atomic mass is 16.7. The number of fused-ring (bicyclic) bond motifs is 1. The van der Waals surface area contributed by atoms with Gasteiger partial charge in [-0.1, -0.05) is 12.1 Å². The van der Waals surface area contributed by atoms with E-state index in [1.54, 1.807) is 0 Å². The van der Waals surface area contributed by atoms with Crippen molar-refractivity contribution in [2.45, 2.75) is 61.4 Å². The van der Waals surface area contributed by atoms with Crippen LogP contribution < -0.4 is 14.9 Å². The standard InChI is InChI=1S/C28H32O16/c1-39-26-13(30)6-14-17(21(26)34)18(31)12(8-40-14)10-2-4-11(5-3-10)42-28-25(38)23(36)20(33)16(44-28)9-41-27-24(37)22(35)19(32)15(7-29)43-27/h2-6,8,15-16,19-20,22-25,27-30,32-38H,7,9H2,1H3/t15-,16-,19-,20-,22-,23-,24-,25-,27-,28-/m1/s1. The van der Waals surface area contributed by atoms with Gasteiger partial charge in [0.1, 0.15) is 71.8 Å². The lowest BCUT2D eigenvalue weighted by atomic mass is 9.98. The predicted molar refractivity (Wildman–Crippen MR) is 145 cm³/mol. The van der Waals surface area contributed by atoms with E-state index in [1.165, 1.54) is 31.4 Å². The van der Waals surface area contributed by atoms with Crippen LogP contribution in [0.5, 0.6) is 23.0 Å². The Labute approximate surface area is 248 Å². The lowest BCUT2D eigenvalue weighted by Crippen LogP contribution is -2.62. The number of hydrogen-bond donors (Lipinski definition) is 9. The second-order valence-corrected chi connectivity index (χ2v) is 10.3. The second-order valence-electron chi connectivity index (χ2n) is 10.3. The number of methoxy groups -OCH3 is 1. The third-order valence-electron chi connectivity index (χ3n) is 7.54. The molecule has 5 rings (SSSR count). The Morgan fingerprint density at radius 2 is 1.43 bits per heavy atom. The SMILES string of the molecule is COc1c(O)cc2occ(-c3ccc(O[C@@H]4O[C@H](CO[C@@H]5O[C@H](CO)[C@@H](O)[C@@H](O)[C@H]5O)[C@@H](O)[C@@H](O)[C@H]4O)cc3)c(=O)c2c1O. The first kappa shape index (κ1) is 31.9. The maximum absolute atomic E-state index is 13.2. The number of ether oxygens (including phenoxy) is 5. The molecule has 9 N–H and O–H groups in total. The molecule has 2 saturated heterocycles. The molecular weight excluding hydrogens is 592 g/mol. The molecule has 16 heteroatoms. The van der Waals surface area contributed by atoms with E-state index in [4.69, 9.17) is 28.1 Å². The van der Waals surface area contributed by atoms with Crippen LogP contribution in [0.4, 0.5) is 0 Å². The van der Waals surface area contributed by atoms with Crippen LogP contribution in [-0.2, 0) is 14.2 Å². The Morgan fingerprint density at radius 3 is 2.07 bits per heavy atom. The number of rotatable bonds is 8. The zero-order valence-electron chi connectivity index (χ0n) is 23.0. The summed E-state index contributed by atoms with van der Waals surface area (Å²) in [6, 6.07) is 6.93. The third-order valence-corrected chi connectivity index (χ3v) is 7.54. The van der Waals surface area contributed by atoms with Crippen molar-refractivity contribution in [3.63, 3.8) is 0 Å². The van der Waals surface area contributed by atoms with Crippen LogP contribution in [0.3, 0.4) is 0 Å². The Bertz CT molecular complexity index is 1510. The van der Waals surface area contributed by atoms with E-state index in [0.29, 0.717) is 5.56 Å². The van der Waals surface area contributed by atoms with Gasteiger partial charge in [0.2, 0.25) is 17.5 Å². The molecule has 44 heavy (non-hydrogen) atoms. The Hall–Kier alpha value is -3.55. The number of phenols is 2. The number of aliphatic hydroxyl groups excluding tert-OH is 7. The van der Waals surface area contributed by atoms with Gasteiger partial charge < -0.3 is 74.1 Å². The summed E-state index contributed by atoms with van der Waals surface area (Å²) in [4.78, 5) is 13.2.